The van der Waals surface area contributed by atoms with E-state index in [1.165, 1.54) is 0 Å². The lowest BCUT2D eigenvalue weighted by atomic mass is 10.1. The van der Waals surface area contributed by atoms with Gasteiger partial charge in [0.25, 0.3) is 0 Å². The Morgan fingerprint density at radius 1 is 1.26 bits per heavy atom. The largest absolute Gasteiger partial charge is 0.423 e. The summed E-state index contributed by atoms with van der Waals surface area (Å²) in [6, 6.07) is 4.19. The van der Waals surface area contributed by atoms with E-state index in [4.69, 9.17) is 9.15 Å². The molecule has 7 nitrogen and oxygen atoms in total. The average molecular weight is 313 g/mol. The van der Waals surface area contributed by atoms with Crippen LogP contribution in [0.25, 0.3) is 0 Å². The Morgan fingerprint density at radius 3 is 2.70 bits per heavy atom. The van der Waals surface area contributed by atoms with Crippen molar-refractivity contribution >= 4 is 5.82 Å². The summed E-state index contributed by atoms with van der Waals surface area (Å²) in [4.78, 5) is 6.64. The van der Waals surface area contributed by atoms with Crippen LogP contribution in [-0.4, -0.2) is 34.4 Å². The summed E-state index contributed by atoms with van der Waals surface area (Å²) in [5, 5.41) is 17.4. The summed E-state index contributed by atoms with van der Waals surface area (Å²) >= 11 is 0. The summed E-state index contributed by atoms with van der Waals surface area (Å²) in [6.45, 7) is 8.78. The summed E-state index contributed by atoms with van der Waals surface area (Å²) in [7, 11) is 0. The van der Waals surface area contributed by atoms with Gasteiger partial charge in [-0.15, -0.1) is 10.2 Å². The maximum atomic E-state index is 9.48. The molecule has 0 N–H and O–H groups in total. The van der Waals surface area contributed by atoms with E-state index in [9.17, 15) is 5.26 Å². The van der Waals surface area contributed by atoms with Gasteiger partial charge in [-0.2, -0.15) is 5.26 Å². The molecule has 3 heterocycles. The van der Waals surface area contributed by atoms with E-state index in [-0.39, 0.29) is 12.2 Å². The Bertz CT molecular complexity index is 764. The minimum Gasteiger partial charge on any atom is -0.423 e. The van der Waals surface area contributed by atoms with Crippen LogP contribution in [-0.2, 0) is 4.74 Å². The highest BCUT2D eigenvalue weighted by atomic mass is 16.5. The monoisotopic (exact) mass is 313 g/mol. The molecule has 1 aliphatic rings. The van der Waals surface area contributed by atoms with Crippen molar-refractivity contribution in [3.05, 3.63) is 34.7 Å². The van der Waals surface area contributed by atoms with Gasteiger partial charge in [0.2, 0.25) is 11.8 Å². The summed E-state index contributed by atoms with van der Waals surface area (Å²) in [6.07, 6.45) is -0.357. The molecule has 2 aromatic heterocycles. The second-order valence-electron chi connectivity index (χ2n) is 5.89. The maximum absolute atomic E-state index is 9.48. The van der Waals surface area contributed by atoms with Crippen molar-refractivity contribution < 1.29 is 9.15 Å². The molecule has 120 valence electrons. The third kappa shape index (κ3) is 3.03. The number of aryl methyl sites for hydroxylation is 3. The van der Waals surface area contributed by atoms with E-state index in [0.29, 0.717) is 36.3 Å². The lowest BCUT2D eigenvalue weighted by molar-refractivity contribution is -0.0314. The highest BCUT2D eigenvalue weighted by Gasteiger charge is 2.32. The third-order valence-corrected chi connectivity index (χ3v) is 3.81. The van der Waals surface area contributed by atoms with Crippen molar-refractivity contribution in [1.82, 2.24) is 15.2 Å². The van der Waals surface area contributed by atoms with Gasteiger partial charge in [-0.1, -0.05) is 0 Å². The van der Waals surface area contributed by atoms with Gasteiger partial charge in [-0.05, 0) is 32.4 Å². The normalized spacial score (nSPS) is 21.3. The Hall–Kier alpha value is -2.46. The highest BCUT2D eigenvalue weighted by Crippen LogP contribution is 2.30. The lowest BCUT2D eigenvalue weighted by Crippen LogP contribution is -2.44. The summed E-state index contributed by atoms with van der Waals surface area (Å²) < 4.78 is 11.4. The summed E-state index contributed by atoms with van der Waals surface area (Å²) in [5.41, 5.74) is 2.42. The van der Waals surface area contributed by atoms with E-state index in [2.05, 4.69) is 26.2 Å². The molecule has 2 aromatic rings. The van der Waals surface area contributed by atoms with Crippen LogP contribution in [0.4, 0.5) is 5.82 Å². The van der Waals surface area contributed by atoms with E-state index in [1.54, 1.807) is 6.92 Å². The van der Waals surface area contributed by atoms with Gasteiger partial charge in [-0.3, -0.25) is 0 Å². The van der Waals surface area contributed by atoms with Gasteiger partial charge >= 0.3 is 0 Å². The first-order chi connectivity index (χ1) is 11.0. The number of nitrogens with zero attached hydrogens (tertiary/aromatic N) is 5. The zero-order valence-corrected chi connectivity index (χ0v) is 13.7. The minimum atomic E-state index is -0.325. The van der Waals surface area contributed by atoms with Crippen molar-refractivity contribution in [3.63, 3.8) is 0 Å². The quantitative estimate of drug-likeness (QED) is 0.840. The number of morpholine rings is 1. The number of hydrogen-bond donors (Lipinski definition) is 0. The van der Waals surface area contributed by atoms with Crippen molar-refractivity contribution in [1.29, 1.82) is 5.26 Å². The van der Waals surface area contributed by atoms with Crippen LogP contribution in [0.5, 0.6) is 0 Å². The fraction of sp³-hybridized carbons (Fsp3) is 0.500. The van der Waals surface area contributed by atoms with Crippen molar-refractivity contribution in [2.24, 2.45) is 0 Å². The van der Waals surface area contributed by atoms with Gasteiger partial charge in [0.1, 0.15) is 11.9 Å². The number of anilines is 1. The molecule has 0 aromatic carbocycles. The van der Waals surface area contributed by atoms with Crippen LogP contribution in [0, 0.1) is 32.1 Å². The first-order valence-corrected chi connectivity index (χ1v) is 7.56. The average Bonchev–Trinajstić information content (AvgIpc) is 2.92. The molecule has 0 bridgehead atoms. The van der Waals surface area contributed by atoms with Gasteiger partial charge < -0.3 is 14.1 Å². The van der Waals surface area contributed by atoms with Crippen LogP contribution >= 0.6 is 0 Å². The molecule has 1 fully saturated rings. The van der Waals surface area contributed by atoms with Gasteiger partial charge in [0.15, 0.2) is 6.10 Å². The van der Waals surface area contributed by atoms with Gasteiger partial charge in [0.05, 0.1) is 18.2 Å². The molecule has 0 aliphatic carbocycles. The maximum Gasteiger partial charge on any atom is 0.247 e. The van der Waals surface area contributed by atoms with Gasteiger partial charge in [0, 0.05) is 19.2 Å². The molecule has 1 saturated heterocycles. The molecule has 0 unspecified atom stereocenters. The van der Waals surface area contributed by atoms with E-state index >= 15 is 0 Å². The molecule has 23 heavy (non-hydrogen) atoms. The Kier molecular flexibility index (Phi) is 4.01. The molecule has 3 rings (SSSR count). The van der Waals surface area contributed by atoms with Crippen molar-refractivity contribution in [2.75, 3.05) is 18.0 Å². The van der Waals surface area contributed by atoms with Crippen LogP contribution in [0.1, 0.15) is 41.6 Å². The molecule has 7 heteroatoms. The number of ether oxygens (including phenoxy) is 1. The van der Waals surface area contributed by atoms with E-state index in [1.807, 2.05) is 26.8 Å². The number of pyridine rings is 1. The fourth-order valence-electron chi connectivity index (χ4n) is 2.89. The highest BCUT2D eigenvalue weighted by molar-refractivity contribution is 5.58. The van der Waals surface area contributed by atoms with Gasteiger partial charge in [-0.25, -0.2) is 4.98 Å². The molecular weight excluding hydrogens is 294 g/mol. The van der Waals surface area contributed by atoms with E-state index < -0.39 is 0 Å². The molecule has 1 aliphatic heterocycles. The number of rotatable bonds is 2. The predicted octanol–water partition coefficient (Wildman–Crippen LogP) is 2.23. The number of nitriles is 1. The third-order valence-electron chi connectivity index (χ3n) is 3.81. The number of aromatic nitrogens is 3. The second kappa shape index (κ2) is 5.97. The van der Waals surface area contributed by atoms with Crippen molar-refractivity contribution in [3.8, 4) is 6.07 Å². The standard InChI is InChI=1S/C16H19N5O2/c1-9-5-10(2)18-15(13(9)6-17)21-7-11(3)22-14(8-21)16-20-19-12(4)23-16/h5,11,14H,7-8H2,1-4H3/t11-,14-/m1/s1. The molecule has 0 amide bonds. The predicted molar refractivity (Wildman–Crippen MR) is 83.0 cm³/mol. The molecular formula is C16H19N5O2. The van der Waals surface area contributed by atoms with Crippen LogP contribution in [0.3, 0.4) is 0 Å². The molecule has 0 spiro atoms. The Balaban J connectivity index is 1.95. The van der Waals surface area contributed by atoms with Crippen LogP contribution < -0.4 is 4.90 Å². The first kappa shape index (κ1) is 15.4. The molecule has 0 saturated carbocycles. The SMILES string of the molecule is Cc1cc(C)c(C#N)c(N2C[C@@H](C)O[C@@H](c3nnc(C)o3)C2)n1. The topological polar surface area (TPSA) is 88.1 Å². The minimum absolute atomic E-state index is 0.0323. The lowest BCUT2D eigenvalue weighted by Gasteiger charge is -2.36. The Morgan fingerprint density at radius 2 is 2.04 bits per heavy atom. The van der Waals surface area contributed by atoms with Crippen LogP contribution in [0.15, 0.2) is 10.5 Å². The first-order valence-electron chi connectivity index (χ1n) is 7.56. The molecule has 0 radical (unpaired) electrons. The zero-order chi connectivity index (χ0) is 16.6. The van der Waals surface area contributed by atoms with E-state index in [0.717, 1.165) is 11.3 Å². The zero-order valence-electron chi connectivity index (χ0n) is 13.7. The molecule has 2 atom stereocenters. The van der Waals surface area contributed by atoms with Crippen LogP contribution in [0.2, 0.25) is 0 Å². The fourth-order valence-corrected chi connectivity index (χ4v) is 2.89. The number of hydrogen-bond acceptors (Lipinski definition) is 7. The smallest absolute Gasteiger partial charge is 0.247 e. The second-order valence-corrected chi connectivity index (χ2v) is 5.89. The summed E-state index contributed by atoms with van der Waals surface area (Å²) in [5.74, 6) is 1.67. The van der Waals surface area contributed by atoms with Crippen molar-refractivity contribution in [2.45, 2.75) is 39.9 Å². The Labute approximate surface area is 134 Å².